The lowest BCUT2D eigenvalue weighted by molar-refractivity contribution is -0.117. The number of anilines is 1. The molecular weight excluding hydrogens is 284 g/mol. The minimum absolute atomic E-state index is 0.123. The van der Waals surface area contributed by atoms with E-state index in [1.54, 1.807) is 0 Å². The number of thiocarbonyl (C=S) groups is 1. The molecule has 0 aromatic heterocycles. The molecule has 1 aromatic rings. The van der Waals surface area contributed by atoms with E-state index in [-0.39, 0.29) is 18.4 Å². The van der Waals surface area contributed by atoms with Crippen molar-refractivity contribution < 1.29 is 9.53 Å². The summed E-state index contributed by atoms with van der Waals surface area (Å²) >= 11 is 4.81. The van der Waals surface area contributed by atoms with Crippen LogP contribution in [0.1, 0.15) is 25.7 Å². The summed E-state index contributed by atoms with van der Waals surface area (Å²) in [7, 11) is 0. The Morgan fingerprint density at radius 3 is 2.62 bits per heavy atom. The van der Waals surface area contributed by atoms with Crippen molar-refractivity contribution in [2.75, 3.05) is 11.9 Å². The first-order valence-electron chi connectivity index (χ1n) is 7.48. The predicted octanol–water partition coefficient (Wildman–Crippen LogP) is 2.73. The van der Waals surface area contributed by atoms with Crippen LogP contribution in [0.5, 0.6) is 5.75 Å². The Kier molecular flexibility index (Phi) is 4.10. The van der Waals surface area contributed by atoms with E-state index >= 15 is 0 Å². The summed E-state index contributed by atoms with van der Waals surface area (Å²) in [5.41, 5.74) is 6.14. The van der Waals surface area contributed by atoms with Crippen molar-refractivity contribution >= 4 is 28.8 Å². The van der Waals surface area contributed by atoms with Gasteiger partial charge in [0.1, 0.15) is 17.3 Å². The van der Waals surface area contributed by atoms with E-state index in [1.165, 1.54) is 25.7 Å². The summed E-state index contributed by atoms with van der Waals surface area (Å²) in [6.07, 6.45) is 4.92. The van der Waals surface area contributed by atoms with Crippen molar-refractivity contribution in [3.8, 4) is 5.75 Å². The average Bonchev–Trinajstić information content (AvgIpc) is 3.20. The second-order valence-corrected chi connectivity index (χ2v) is 6.40. The molecule has 3 rings (SSSR count). The number of rotatable bonds is 5. The molecule has 0 heterocycles. The van der Waals surface area contributed by atoms with Crippen LogP contribution in [-0.4, -0.2) is 17.5 Å². The van der Waals surface area contributed by atoms with Gasteiger partial charge in [-0.2, -0.15) is 0 Å². The first kappa shape index (κ1) is 14.3. The molecule has 2 saturated carbocycles. The van der Waals surface area contributed by atoms with Gasteiger partial charge in [0.15, 0.2) is 0 Å². The Labute approximate surface area is 130 Å². The largest absolute Gasteiger partial charge is 0.484 e. The van der Waals surface area contributed by atoms with Crippen LogP contribution in [0.3, 0.4) is 0 Å². The van der Waals surface area contributed by atoms with E-state index in [1.807, 2.05) is 24.3 Å². The van der Waals surface area contributed by atoms with Crippen molar-refractivity contribution in [3.05, 3.63) is 24.3 Å². The summed E-state index contributed by atoms with van der Waals surface area (Å²) in [6, 6.07) is 7.40. The van der Waals surface area contributed by atoms with E-state index in [4.69, 9.17) is 22.7 Å². The molecule has 2 aliphatic rings. The second kappa shape index (κ2) is 6.02. The third-order valence-corrected chi connectivity index (χ3v) is 4.59. The van der Waals surface area contributed by atoms with Gasteiger partial charge in [0.25, 0.3) is 0 Å². The molecule has 2 atom stereocenters. The lowest BCUT2D eigenvalue weighted by atomic mass is 10.0. The van der Waals surface area contributed by atoms with Gasteiger partial charge in [-0.25, -0.2) is 0 Å². The summed E-state index contributed by atoms with van der Waals surface area (Å²) in [4.78, 5) is 12.7. The third kappa shape index (κ3) is 3.18. The lowest BCUT2D eigenvalue weighted by Gasteiger charge is -2.12. The van der Waals surface area contributed by atoms with Crippen molar-refractivity contribution in [3.63, 3.8) is 0 Å². The Bertz CT molecular complexity index is 549. The number of hydrogen-bond acceptors (Lipinski definition) is 3. The van der Waals surface area contributed by atoms with Crippen molar-refractivity contribution in [2.45, 2.75) is 25.7 Å². The maximum atomic E-state index is 12.4. The molecule has 0 saturated heterocycles. The van der Waals surface area contributed by atoms with Crippen LogP contribution in [0.15, 0.2) is 24.3 Å². The monoisotopic (exact) mass is 304 g/mol. The molecule has 4 nitrogen and oxygen atoms in total. The zero-order valence-corrected chi connectivity index (χ0v) is 12.7. The Morgan fingerprint density at radius 1 is 1.29 bits per heavy atom. The molecule has 3 N–H and O–H groups in total. The minimum Gasteiger partial charge on any atom is -0.484 e. The first-order chi connectivity index (χ1) is 10.2. The average molecular weight is 304 g/mol. The van der Waals surface area contributed by atoms with Crippen LogP contribution in [-0.2, 0) is 4.79 Å². The molecule has 0 spiro atoms. The molecule has 0 bridgehead atoms. The Morgan fingerprint density at radius 2 is 1.95 bits per heavy atom. The van der Waals surface area contributed by atoms with Crippen LogP contribution >= 0.6 is 12.2 Å². The molecule has 0 radical (unpaired) electrons. The number of fused-ring (bicyclic) bond motifs is 1. The normalized spacial score (nSPS) is 26.6. The van der Waals surface area contributed by atoms with Gasteiger partial charge in [-0.05, 0) is 36.8 Å². The number of para-hydroxylation sites is 2. The van der Waals surface area contributed by atoms with E-state index in [0.717, 1.165) is 0 Å². The SMILES string of the molecule is NC(=S)COc1ccccc1NC(=O)C1C2CCCCC21. The van der Waals surface area contributed by atoms with E-state index < -0.39 is 0 Å². The highest BCUT2D eigenvalue weighted by atomic mass is 32.1. The number of carbonyl (C=O) groups excluding carboxylic acids is 1. The van der Waals surface area contributed by atoms with Crippen LogP contribution in [0.4, 0.5) is 5.69 Å². The smallest absolute Gasteiger partial charge is 0.228 e. The van der Waals surface area contributed by atoms with Crippen LogP contribution in [0.25, 0.3) is 0 Å². The van der Waals surface area contributed by atoms with Gasteiger partial charge >= 0.3 is 0 Å². The number of benzene rings is 1. The predicted molar refractivity (Wildman–Crippen MR) is 86.3 cm³/mol. The molecule has 1 aromatic carbocycles. The number of nitrogens with two attached hydrogens (primary N) is 1. The van der Waals surface area contributed by atoms with E-state index in [9.17, 15) is 4.79 Å². The molecule has 21 heavy (non-hydrogen) atoms. The topological polar surface area (TPSA) is 64.3 Å². The van der Waals surface area contributed by atoms with Gasteiger partial charge in [-0.1, -0.05) is 37.2 Å². The minimum atomic E-state index is 0.123. The Balaban J connectivity index is 1.64. The fraction of sp³-hybridized carbons (Fsp3) is 0.500. The lowest BCUT2D eigenvalue weighted by Crippen LogP contribution is -2.20. The zero-order chi connectivity index (χ0) is 14.8. The second-order valence-electron chi connectivity index (χ2n) is 5.88. The number of amides is 1. The fourth-order valence-electron chi connectivity index (χ4n) is 3.44. The maximum Gasteiger partial charge on any atom is 0.228 e. The number of nitrogens with one attached hydrogen (secondary N) is 1. The van der Waals surface area contributed by atoms with E-state index in [2.05, 4.69) is 5.32 Å². The van der Waals surface area contributed by atoms with Crippen molar-refractivity contribution in [2.24, 2.45) is 23.5 Å². The van der Waals surface area contributed by atoms with E-state index in [0.29, 0.717) is 28.3 Å². The van der Waals surface area contributed by atoms with Crippen molar-refractivity contribution in [1.82, 2.24) is 0 Å². The standard InChI is InChI=1S/C16H20N2O2S/c17-14(21)9-20-13-8-4-3-7-12(13)18-16(19)15-10-5-1-2-6-11(10)15/h3-4,7-8,10-11,15H,1-2,5-6,9H2,(H2,17,21)(H,18,19). The fourth-order valence-corrected chi connectivity index (χ4v) is 3.50. The maximum absolute atomic E-state index is 12.4. The van der Waals surface area contributed by atoms with Gasteiger partial charge in [-0.15, -0.1) is 0 Å². The summed E-state index contributed by atoms with van der Waals surface area (Å²) in [5.74, 6) is 2.13. The zero-order valence-electron chi connectivity index (χ0n) is 11.9. The highest BCUT2D eigenvalue weighted by Gasteiger charge is 2.54. The van der Waals surface area contributed by atoms with Crippen LogP contribution < -0.4 is 15.8 Å². The number of hydrogen-bond donors (Lipinski definition) is 2. The third-order valence-electron chi connectivity index (χ3n) is 4.47. The van der Waals surface area contributed by atoms with Crippen molar-refractivity contribution in [1.29, 1.82) is 0 Å². The number of carbonyl (C=O) groups is 1. The summed E-state index contributed by atoms with van der Waals surface area (Å²) in [6.45, 7) is 0.177. The molecule has 5 heteroatoms. The van der Waals surface area contributed by atoms with Gasteiger partial charge < -0.3 is 15.8 Å². The molecule has 1 amide bonds. The van der Waals surface area contributed by atoms with Crippen LogP contribution in [0.2, 0.25) is 0 Å². The Hall–Kier alpha value is -1.62. The van der Waals surface area contributed by atoms with Gasteiger partial charge in [0.2, 0.25) is 5.91 Å². The van der Waals surface area contributed by atoms with Gasteiger partial charge in [0, 0.05) is 5.92 Å². The quantitative estimate of drug-likeness (QED) is 0.821. The summed E-state index contributed by atoms with van der Waals surface area (Å²) < 4.78 is 5.54. The molecule has 2 fully saturated rings. The highest BCUT2D eigenvalue weighted by Crippen LogP contribution is 2.55. The van der Waals surface area contributed by atoms with Gasteiger partial charge in [0.05, 0.1) is 5.69 Å². The molecular formula is C16H20N2O2S. The summed E-state index contributed by atoms with van der Waals surface area (Å²) in [5, 5.41) is 3.00. The van der Waals surface area contributed by atoms with Crippen LogP contribution in [0, 0.1) is 17.8 Å². The molecule has 112 valence electrons. The first-order valence-corrected chi connectivity index (χ1v) is 7.88. The molecule has 2 aliphatic carbocycles. The molecule has 0 aliphatic heterocycles. The number of ether oxygens (including phenoxy) is 1. The highest BCUT2D eigenvalue weighted by molar-refractivity contribution is 7.80. The van der Waals surface area contributed by atoms with Gasteiger partial charge in [-0.3, -0.25) is 4.79 Å². The molecule has 2 unspecified atom stereocenters.